The standard InChI is InChI=1S/C23H25ClN4O2S/c1-4-20-21(26-27-23(29)31-20)15-7-9-18-14(12-15)6-5-11-28(18)22(25-2)16-8-10-19(30-3)17(24)13-16/h7-10,12-13,20H,4-6,11H2,1-3H3,(H,27,29)/b25-22-. The number of aliphatic imine (C=N–C) groups is 1. The molecule has 0 saturated carbocycles. The number of amides is 1. The molecule has 0 radical (unpaired) electrons. The lowest BCUT2D eigenvalue weighted by molar-refractivity contribution is 0.260. The van der Waals surface area contributed by atoms with Gasteiger partial charge in [0.2, 0.25) is 0 Å². The van der Waals surface area contributed by atoms with Crippen molar-refractivity contribution in [1.82, 2.24) is 5.43 Å². The van der Waals surface area contributed by atoms with E-state index in [1.807, 2.05) is 18.2 Å². The highest BCUT2D eigenvalue weighted by Crippen LogP contribution is 2.33. The second-order valence-corrected chi connectivity index (χ2v) is 8.99. The van der Waals surface area contributed by atoms with Crippen LogP contribution in [0.1, 0.15) is 36.5 Å². The molecule has 0 spiro atoms. The minimum atomic E-state index is -0.0957. The molecular weight excluding hydrogens is 432 g/mol. The maximum atomic E-state index is 11.7. The fourth-order valence-electron chi connectivity index (χ4n) is 4.10. The quantitative estimate of drug-likeness (QED) is 0.512. The molecular formula is C23H25ClN4O2S. The van der Waals surface area contributed by atoms with E-state index in [0.29, 0.717) is 10.8 Å². The molecule has 2 heterocycles. The Labute approximate surface area is 191 Å². The lowest BCUT2D eigenvalue weighted by Gasteiger charge is -2.33. The largest absolute Gasteiger partial charge is 0.495 e. The number of hydrogen-bond acceptors (Lipinski definition) is 5. The van der Waals surface area contributed by atoms with Crippen molar-refractivity contribution in [3.05, 3.63) is 58.1 Å². The van der Waals surface area contributed by atoms with Gasteiger partial charge >= 0.3 is 0 Å². The van der Waals surface area contributed by atoms with Crippen LogP contribution >= 0.6 is 23.4 Å². The van der Waals surface area contributed by atoms with E-state index in [4.69, 9.17) is 16.3 Å². The van der Waals surface area contributed by atoms with Gasteiger partial charge in [-0.3, -0.25) is 9.79 Å². The van der Waals surface area contributed by atoms with Gasteiger partial charge in [0.15, 0.2) is 0 Å². The summed E-state index contributed by atoms with van der Waals surface area (Å²) in [5, 5.41) is 4.90. The third kappa shape index (κ3) is 4.29. The van der Waals surface area contributed by atoms with E-state index >= 15 is 0 Å². The van der Waals surface area contributed by atoms with Crippen LogP contribution in [0.5, 0.6) is 5.75 Å². The van der Waals surface area contributed by atoms with Gasteiger partial charge in [-0.15, -0.1) is 0 Å². The topological polar surface area (TPSA) is 66.3 Å². The van der Waals surface area contributed by atoms with Crippen LogP contribution in [0.3, 0.4) is 0 Å². The molecule has 1 amide bonds. The van der Waals surface area contributed by atoms with Gasteiger partial charge in [0.25, 0.3) is 5.24 Å². The monoisotopic (exact) mass is 456 g/mol. The number of hydrazone groups is 1. The first-order chi connectivity index (χ1) is 15.0. The predicted molar refractivity (Wildman–Crippen MR) is 129 cm³/mol. The predicted octanol–water partition coefficient (Wildman–Crippen LogP) is 5.12. The minimum Gasteiger partial charge on any atom is -0.495 e. The van der Waals surface area contributed by atoms with Gasteiger partial charge in [0, 0.05) is 24.8 Å². The van der Waals surface area contributed by atoms with E-state index in [1.54, 1.807) is 14.2 Å². The lowest BCUT2D eigenvalue weighted by atomic mass is 9.95. The van der Waals surface area contributed by atoms with Crippen molar-refractivity contribution in [2.45, 2.75) is 31.4 Å². The van der Waals surface area contributed by atoms with E-state index < -0.39 is 0 Å². The van der Waals surface area contributed by atoms with Crippen LogP contribution in [0.2, 0.25) is 5.02 Å². The van der Waals surface area contributed by atoms with Crippen LogP contribution in [-0.4, -0.2) is 42.7 Å². The number of nitrogens with zero attached hydrogens (tertiary/aromatic N) is 3. The number of ether oxygens (including phenoxy) is 1. The SMILES string of the molecule is CCC1SC(=O)NN=C1c1ccc2c(c1)CCCN2/C(=N\C)c1ccc(OC)c(Cl)c1. The molecule has 2 aliphatic rings. The van der Waals surface area contributed by atoms with E-state index in [2.05, 4.69) is 45.5 Å². The lowest BCUT2D eigenvalue weighted by Crippen LogP contribution is -2.36. The van der Waals surface area contributed by atoms with Crippen molar-refractivity contribution in [1.29, 1.82) is 0 Å². The Morgan fingerprint density at radius 3 is 2.90 bits per heavy atom. The average molecular weight is 457 g/mol. The molecule has 1 atom stereocenters. The molecule has 162 valence electrons. The number of amidine groups is 1. The Hall–Kier alpha value is -2.51. The normalized spacial score (nSPS) is 18.9. The Morgan fingerprint density at radius 1 is 1.35 bits per heavy atom. The number of fused-ring (bicyclic) bond motifs is 1. The molecule has 0 fully saturated rings. The number of benzene rings is 2. The number of nitrogens with one attached hydrogen (secondary N) is 1. The second kappa shape index (κ2) is 9.32. The average Bonchev–Trinajstić information content (AvgIpc) is 2.79. The van der Waals surface area contributed by atoms with Gasteiger partial charge in [-0.1, -0.05) is 36.4 Å². The Kier molecular flexibility index (Phi) is 6.53. The molecule has 2 aliphatic heterocycles. The van der Waals surface area contributed by atoms with Crippen molar-refractivity contribution in [3.63, 3.8) is 0 Å². The molecule has 2 aromatic carbocycles. The summed E-state index contributed by atoms with van der Waals surface area (Å²) in [6.45, 7) is 2.96. The van der Waals surface area contributed by atoms with Gasteiger partial charge in [-0.25, -0.2) is 5.43 Å². The van der Waals surface area contributed by atoms with Crippen molar-refractivity contribution < 1.29 is 9.53 Å². The summed E-state index contributed by atoms with van der Waals surface area (Å²) >= 11 is 7.67. The molecule has 31 heavy (non-hydrogen) atoms. The van der Waals surface area contributed by atoms with Crippen LogP contribution in [-0.2, 0) is 6.42 Å². The van der Waals surface area contributed by atoms with Crippen LogP contribution in [0, 0.1) is 0 Å². The Morgan fingerprint density at radius 2 is 2.19 bits per heavy atom. The number of rotatable bonds is 4. The van der Waals surface area contributed by atoms with E-state index in [1.165, 1.54) is 17.3 Å². The molecule has 0 saturated heterocycles. The number of thioether (sulfide) groups is 1. The summed E-state index contributed by atoms with van der Waals surface area (Å²) in [7, 11) is 3.41. The fraction of sp³-hybridized carbons (Fsp3) is 0.348. The highest BCUT2D eigenvalue weighted by molar-refractivity contribution is 8.14. The molecule has 2 aromatic rings. The van der Waals surface area contributed by atoms with Gasteiger partial charge in [-0.05, 0) is 60.7 Å². The summed E-state index contributed by atoms with van der Waals surface area (Å²) in [4.78, 5) is 18.5. The van der Waals surface area contributed by atoms with Gasteiger partial charge in [0.05, 0.1) is 23.1 Å². The van der Waals surface area contributed by atoms with E-state index in [0.717, 1.165) is 54.2 Å². The van der Waals surface area contributed by atoms with Crippen LogP contribution in [0.4, 0.5) is 10.5 Å². The van der Waals surface area contributed by atoms with E-state index in [-0.39, 0.29) is 10.5 Å². The second-order valence-electron chi connectivity index (χ2n) is 7.41. The molecule has 6 nitrogen and oxygen atoms in total. The first-order valence-electron chi connectivity index (χ1n) is 10.3. The van der Waals surface area contributed by atoms with Crippen LogP contribution in [0.15, 0.2) is 46.5 Å². The third-order valence-electron chi connectivity index (χ3n) is 5.56. The van der Waals surface area contributed by atoms with Crippen molar-refractivity contribution in [3.8, 4) is 5.75 Å². The summed E-state index contributed by atoms with van der Waals surface area (Å²) in [6.07, 6.45) is 2.86. The summed E-state index contributed by atoms with van der Waals surface area (Å²) < 4.78 is 5.29. The fourth-order valence-corrected chi connectivity index (χ4v) is 5.19. The zero-order valence-electron chi connectivity index (χ0n) is 17.8. The zero-order chi connectivity index (χ0) is 22.0. The maximum Gasteiger partial charge on any atom is 0.299 e. The molecule has 0 aromatic heterocycles. The number of anilines is 1. The zero-order valence-corrected chi connectivity index (χ0v) is 19.4. The summed E-state index contributed by atoms with van der Waals surface area (Å²) in [5.74, 6) is 1.52. The highest BCUT2D eigenvalue weighted by atomic mass is 35.5. The Bertz CT molecular complexity index is 1070. The van der Waals surface area contributed by atoms with Crippen LogP contribution < -0.4 is 15.1 Å². The number of hydrogen-bond donors (Lipinski definition) is 1. The first kappa shape index (κ1) is 21.7. The number of aryl methyl sites for hydroxylation is 1. The van der Waals surface area contributed by atoms with E-state index in [9.17, 15) is 4.79 Å². The molecule has 4 rings (SSSR count). The van der Waals surface area contributed by atoms with Gasteiger partial charge < -0.3 is 9.64 Å². The summed E-state index contributed by atoms with van der Waals surface area (Å²) in [6, 6.07) is 12.2. The minimum absolute atomic E-state index is 0.0701. The maximum absolute atomic E-state index is 11.7. The highest BCUT2D eigenvalue weighted by Gasteiger charge is 2.27. The molecule has 1 unspecified atom stereocenters. The number of carbonyl (C=O) groups excluding carboxylic acids is 1. The number of methoxy groups -OCH3 is 1. The number of carbonyl (C=O) groups is 1. The smallest absolute Gasteiger partial charge is 0.299 e. The summed E-state index contributed by atoms with van der Waals surface area (Å²) in [5.41, 5.74) is 7.94. The first-order valence-corrected chi connectivity index (χ1v) is 11.6. The van der Waals surface area contributed by atoms with Crippen molar-refractivity contribution in [2.75, 3.05) is 25.6 Å². The molecule has 8 heteroatoms. The van der Waals surface area contributed by atoms with Gasteiger partial charge in [-0.2, -0.15) is 5.10 Å². The van der Waals surface area contributed by atoms with Crippen molar-refractivity contribution >= 4 is 45.8 Å². The third-order valence-corrected chi connectivity index (χ3v) is 7.01. The van der Waals surface area contributed by atoms with Crippen LogP contribution in [0.25, 0.3) is 0 Å². The molecule has 0 aliphatic carbocycles. The number of halogens is 1. The van der Waals surface area contributed by atoms with Crippen molar-refractivity contribution in [2.24, 2.45) is 10.1 Å². The molecule has 1 N–H and O–H groups in total. The Balaban J connectivity index is 1.68. The van der Waals surface area contributed by atoms with Gasteiger partial charge in [0.1, 0.15) is 11.6 Å². The molecule has 0 bridgehead atoms.